The topological polar surface area (TPSA) is 231 Å². The zero-order chi connectivity index (χ0) is 23.4. The lowest BCUT2D eigenvalue weighted by atomic mass is 10.1. The summed E-state index contributed by atoms with van der Waals surface area (Å²) in [6.07, 6.45) is -1.18. The first-order chi connectivity index (χ1) is 13.9. The van der Waals surface area contributed by atoms with E-state index in [1.807, 2.05) is 0 Å². The maximum absolute atomic E-state index is 12.3. The van der Waals surface area contributed by atoms with Gasteiger partial charge in [-0.15, -0.1) is 0 Å². The van der Waals surface area contributed by atoms with Crippen molar-refractivity contribution in [1.29, 1.82) is 0 Å². The first-order valence-electron chi connectivity index (χ1n) is 8.54. The van der Waals surface area contributed by atoms with Gasteiger partial charge >= 0.3 is 11.9 Å². The summed E-state index contributed by atoms with van der Waals surface area (Å²) in [6, 6.07) is -5.34. The summed E-state index contributed by atoms with van der Waals surface area (Å²) in [5.41, 5.74) is 10.4. The van der Waals surface area contributed by atoms with Crippen LogP contribution in [-0.2, 0) is 28.8 Å². The van der Waals surface area contributed by atoms with Crippen molar-refractivity contribution in [3.8, 4) is 0 Å². The molecule has 0 aliphatic heterocycles. The molecule has 0 aliphatic rings. The molecule has 170 valence electrons. The minimum Gasteiger partial charge on any atom is -0.481 e. The van der Waals surface area contributed by atoms with Crippen molar-refractivity contribution < 1.29 is 39.0 Å². The summed E-state index contributed by atoms with van der Waals surface area (Å²) >= 11 is 7.86. The Morgan fingerprint density at radius 3 is 1.60 bits per heavy atom. The Morgan fingerprint density at radius 2 is 1.23 bits per heavy atom. The number of hydrogen-bond donors (Lipinski definition) is 9. The fourth-order valence-electron chi connectivity index (χ4n) is 2.04. The Balaban J connectivity index is 5.00. The summed E-state index contributed by atoms with van der Waals surface area (Å²) < 4.78 is 0. The number of carbonyl (C=O) groups excluding carboxylic acids is 4. The fraction of sp³-hybridized carbons (Fsp3) is 0.600. The van der Waals surface area contributed by atoms with E-state index in [1.165, 1.54) is 0 Å². The molecule has 0 aliphatic carbocycles. The molecule has 30 heavy (non-hydrogen) atoms. The average molecular weight is 468 g/mol. The Bertz CT molecular complexity index is 677. The van der Waals surface area contributed by atoms with Crippen molar-refractivity contribution in [2.45, 2.75) is 43.4 Å². The van der Waals surface area contributed by atoms with Gasteiger partial charge in [0.25, 0.3) is 0 Å². The number of carboxylic acids is 2. The molecule has 0 heterocycles. The van der Waals surface area contributed by atoms with Crippen molar-refractivity contribution in [2.75, 3.05) is 11.5 Å². The van der Waals surface area contributed by atoms with Crippen LogP contribution < -0.4 is 27.4 Å². The molecule has 0 spiro atoms. The average Bonchev–Trinajstić information content (AvgIpc) is 2.65. The van der Waals surface area contributed by atoms with Crippen molar-refractivity contribution in [3.05, 3.63) is 0 Å². The van der Waals surface area contributed by atoms with E-state index in [0.717, 1.165) is 0 Å². The number of aliphatic carboxylic acids is 2. The van der Waals surface area contributed by atoms with E-state index in [-0.39, 0.29) is 24.3 Å². The molecular weight excluding hydrogens is 442 g/mol. The number of nitrogens with one attached hydrogen (secondary N) is 3. The minimum atomic E-state index is -1.42. The Morgan fingerprint density at radius 1 is 0.800 bits per heavy atom. The summed E-state index contributed by atoms with van der Waals surface area (Å²) in [6.45, 7) is 0. The number of nitrogens with two attached hydrogens (primary N) is 2. The molecule has 0 rings (SSSR count). The van der Waals surface area contributed by atoms with Gasteiger partial charge in [-0.1, -0.05) is 0 Å². The van der Waals surface area contributed by atoms with Gasteiger partial charge < -0.3 is 37.6 Å². The normalized spacial score (nSPS) is 14.5. The zero-order valence-corrected chi connectivity index (χ0v) is 17.5. The number of rotatable bonds is 14. The molecule has 0 saturated heterocycles. The third-order valence-electron chi connectivity index (χ3n) is 3.66. The Hall–Kier alpha value is -2.52. The van der Waals surface area contributed by atoms with E-state index in [0.29, 0.717) is 0 Å². The van der Waals surface area contributed by atoms with Gasteiger partial charge in [-0.05, 0) is 6.42 Å². The van der Waals surface area contributed by atoms with E-state index < -0.39 is 66.2 Å². The van der Waals surface area contributed by atoms with E-state index in [4.69, 9.17) is 21.7 Å². The predicted octanol–water partition coefficient (Wildman–Crippen LogP) is -3.55. The maximum atomic E-state index is 12.3. The molecule has 0 aromatic carbocycles. The van der Waals surface area contributed by atoms with Gasteiger partial charge in [0, 0.05) is 17.9 Å². The molecule has 0 fully saturated rings. The van der Waals surface area contributed by atoms with Gasteiger partial charge in [-0.25, -0.2) is 4.79 Å². The summed E-state index contributed by atoms with van der Waals surface area (Å²) in [5, 5.41) is 24.4. The third kappa shape index (κ3) is 10.3. The maximum Gasteiger partial charge on any atom is 0.326 e. The van der Waals surface area contributed by atoms with Crippen LogP contribution in [0.1, 0.15) is 19.3 Å². The predicted molar refractivity (Wildman–Crippen MR) is 110 cm³/mol. The highest BCUT2D eigenvalue weighted by Crippen LogP contribution is 2.01. The fourth-order valence-corrected chi connectivity index (χ4v) is 2.55. The molecule has 0 aromatic heterocycles. The van der Waals surface area contributed by atoms with Gasteiger partial charge in [0.05, 0.1) is 12.5 Å². The van der Waals surface area contributed by atoms with Crippen LogP contribution in [0.5, 0.6) is 0 Å². The van der Waals surface area contributed by atoms with E-state index in [1.54, 1.807) is 0 Å². The van der Waals surface area contributed by atoms with Crippen molar-refractivity contribution in [1.82, 2.24) is 16.0 Å². The highest BCUT2D eigenvalue weighted by Gasteiger charge is 2.29. The second kappa shape index (κ2) is 13.7. The largest absolute Gasteiger partial charge is 0.481 e. The number of thiol groups is 2. The second-order valence-corrected chi connectivity index (χ2v) is 6.83. The van der Waals surface area contributed by atoms with Gasteiger partial charge in [-0.2, -0.15) is 25.3 Å². The summed E-state index contributed by atoms with van der Waals surface area (Å²) in [7, 11) is 0. The van der Waals surface area contributed by atoms with E-state index in [9.17, 15) is 28.8 Å². The first kappa shape index (κ1) is 27.5. The SMILES string of the molecule is NC(=O)CCC(NC(=O)C(CS)NC(=O)C(CS)NC(=O)C(N)CC(=O)O)C(=O)O. The van der Waals surface area contributed by atoms with Crippen molar-refractivity contribution in [2.24, 2.45) is 11.5 Å². The van der Waals surface area contributed by atoms with Gasteiger partial charge in [0.2, 0.25) is 23.6 Å². The van der Waals surface area contributed by atoms with Crippen LogP contribution in [0.2, 0.25) is 0 Å². The van der Waals surface area contributed by atoms with Crippen LogP contribution >= 0.6 is 25.3 Å². The smallest absolute Gasteiger partial charge is 0.326 e. The molecular formula is C15H25N5O8S2. The quantitative estimate of drug-likeness (QED) is 0.115. The molecule has 4 atom stereocenters. The van der Waals surface area contributed by atoms with Crippen LogP contribution in [0, 0.1) is 0 Å². The molecule has 15 heteroatoms. The van der Waals surface area contributed by atoms with Crippen LogP contribution in [0.3, 0.4) is 0 Å². The van der Waals surface area contributed by atoms with E-state index in [2.05, 4.69) is 41.2 Å². The molecule has 9 N–H and O–H groups in total. The Kier molecular flexibility index (Phi) is 12.5. The lowest BCUT2D eigenvalue weighted by molar-refractivity contribution is -0.142. The molecule has 13 nitrogen and oxygen atoms in total. The van der Waals surface area contributed by atoms with E-state index >= 15 is 0 Å². The summed E-state index contributed by atoms with van der Waals surface area (Å²) in [5.74, 6) is -6.51. The highest BCUT2D eigenvalue weighted by atomic mass is 32.1. The van der Waals surface area contributed by atoms with Crippen LogP contribution in [0.4, 0.5) is 0 Å². The number of hydrogen-bond acceptors (Lipinski definition) is 9. The highest BCUT2D eigenvalue weighted by molar-refractivity contribution is 7.80. The van der Waals surface area contributed by atoms with Gasteiger partial charge in [0.1, 0.15) is 18.1 Å². The third-order valence-corrected chi connectivity index (χ3v) is 4.39. The number of carboxylic acid groups (broad SMARTS) is 2. The van der Waals surface area contributed by atoms with Gasteiger partial charge in [0.15, 0.2) is 0 Å². The zero-order valence-electron chi connectivity index (χ0n) is 15.7. The first-order valence-corrected chi connectivity index (χ1v) is 9.80. The van der Waals surface area contributed by atoms with Crippen LogP contribution in [0.25, 0.3) is 0 Å². The summed E-state index contributed by atoms with van der Waals surface area (Å²) in [4.78, 5) is 69.1. The Labute approximate surface area is 182 Å². The second-order valence-electron chi connectivity index (χ2n) is 6.10. The molecule has 4 amide bonds. The van der Waals surface area contributed by atoms with Crippen molar-refractivity contribution in [3.63, 3.8) is 0 Å². The van der Waals surface area contributed by atoms with Gasteiger partial charge in [-0.3, -0.25) is 24.0 Å². The number of carbonyl (C=O) groups is 6. The van der Waals surface area contributed by atoms with Crippen LogP contribution in [-0.4, -0.2) is 81.5 Å². The molecule has 4 unspecified atom stereocenters. The van der Waals surface area contributed by atoms with Crippen molar-refractivity contribution >= 4 is 60.8 Å². The molecule has 0 bridgehead atoms. The lowest BCUT2D eigenvalue weighted by Gasteiger charge is -2.23. The molecule has 0 aromatic rings. The number of amides is 4. The molecule has 0 radical (unpaired) electrons. The monoisotopic (exact) mass is 467 g/mol. The standard InChI is InChI=1S/C15H25N5O8S2/c16-6(3-11(22)23)12(24)19-8(4-29)14(26)20-9(5-30)13(25)18-7(15(27)28)1-2-10(17)21/h6-9,29-30H,1-5,16H2,(H2,17,21)(H,18,25)(H,19,24)(H,20,26)(H,22,23)(H,27,28). The minimum absolute atomic E-state index is 0.200. The van der Waals surface area contributed by atoms with Crippen LogP contribution in [0.15, 0.2) is 0 Å². The lowest BCUT2D eigenvalue weighted by Crippen LogP contribution is -2.58. The molecule has 0 saturated carbocycles. The number of primary amides is 1.